The van der Waals surface area contributed by atoms with Crippen LogP contribution in [0.1, 0.15) is 5.56 Å². The van der Waals surface area contributed by atoms with E-state index in [1.165, 1.54) is 24.6 Å². The Balaban J connectivity index is 3.01. The van der Waals surface area contributed by atoms with Crippen molar-refractivity contribution >= 4 is 18.0 Å². The van der Waals surface area contributed by atoms with E-state index < -0.39 is 36.0 Å². The Kier molecular flexibility index (Phi) is 5.50. The van der Waals surface area contributed by atoms with Gasteiger partial charge >= 0.3 is 18.1 Å². The van der Waals surface area contributed by atoms with Gasteiger partial charge in [-0.2, -0.15) is 13.2 Å². The van der Waals surface area contributed by atoms with E-state index in [-0.39, 0.29) is 11.3 Å². The molecule has 1 rings (SSSR count). The number of benzene rings is 1. The number of carboxylic acid groups (broad SMARTS) is 1. The van der Waals surface area contributed by atoms with E-state index in [2.05, 4.69) is 0 Å². The number of halogens is 4. The first-order valence-electron chi connectivity index (χ1n) is 5.77. The zero-order valence-corrected chi connectivity index (χ0v) is 11.2. The van der Waals surface area contributed by atoms with Gasteiger partial charge in [0, 0.05) is 5.56 Å². The van der Waals surface area contributed by atoms with Crippen molar-refractivity contribution in [2.45, 2.75) is 6.18 Å². The molecule has 1 aromatic rings. The summed E-state index contributed by atoms with van der Waals surface area (Å²) in [4.78, 5) is 21.6. The number of carbonyl (C=O) groups excluding carboxylic acids is 1. The standard InChI is InChI=1S/C13H11F4NO4/c1-22-9-2-3-10(14)7(5-9)4-8(11(19)20)6-18-12(21)13(15,16)17/h2-5H,6H2,1H3,(H,18,21)(H,19,20)/b8-4+. The number of hydrogen-bond acceptors (Lipinski definition) is 3. The third kappa shape index (κ3) is 4.76. The van der Waals surface area contributed by atoms with Crippen molar-refractivity contribution in [3.05, 3.63) is 35.2 Å². The number of methoxy groups -OCH3 is 1. The van der Waals surface area contributed by atoms with Crippen molar-refractivity contribution in [1.82, 2.24) is 5.32 Å². The van der Waals surface area contributed by atoms with Crippen LogP contribution < -0.4 is 10.1 Å². The lowest BCUT2D eigenvalue weighted by atomic mass is 10.1. The average Bonchev–Trinajstić information content (AvgIpc) is 2.43. The summed E-state index contributed by atoms with van der Waals surface area (Å²) < 4.78 is 54.5. The van der Waals surface area contributed by atoms with Crippen molar-refractivity contribution < 1.29 is 37.0 Å². The summed E-state index contributed by atoms with van der Waals surface area (Å²) in [6.45, 7) is -0.912. The summed E-state index contributed by atoms with van der Waals surface area (Å²) in [5.41, 5.74) is -0.817. The van der Waals surface area contributed by atoms with Crippen LogP contribution in [0.15, 0.2) is 23.8 Å². The van der Waals surface area contributed by atoms with Crippen LogP contribution in [0.5, 0.6) is 5.75 Å². The molecule has 0 aliphatic heterocycles. The molecule has 0 aliphatic rings. The topological polar surface area (TPSA) is 75.6 Å². The lowest BCUT2D eigenvalue weighted by molar-refractivity contribution is -0.173. The van der Waals surface area contributed by atoms with E-state index in [4.69, 9.17) is 9.84 Å². The van der Waals surface area contributed by atoms with Gasteiger partial charge < -0.3 is 15.2 Å². The van der Waals surface area contributed by atoms with Crippen molar-refractivity contribution in [1.29, 1.82) is 0 Å². The summed E-state index contributed by atoms with van der Waals surface area (Å²) in [7, 11) is 1.31. The lowest BCUT2D eigenvalue weighted by Crippen LogP contribution is -2.38. The molecule has 0 saturated heterocycles. The highest BCUT2D eigenvalue weighted by atomic mass is 19.4. The number of alkyl halides is 3. The van der Waals surface area contributed by atoms with Gasteiger partial charge in [0.05, 0.1) is 19.2 Å². The molecule has 0 unspecified atom stereocenters. The van der Waals surface area contributed by atoms with E-state index in [1.807, 2.05) is 0 Å². The van der Waals surface area contributed by atoms with E-state index in [0.29, 0.717) is 0 Å². The average molecular weight is 321 g/mol. The fraction of sp³-hybridized carbons (Fsp3) is 0.231. The Morgan fingerprint density at radius 2 is 2.00 bits per heavy atom. The second-order valence-electron chi connectivity index (χ2n) is 4.04. The molecule has 22 heavy (non-hydrogen) atoms. The molecule has 2 N–H and O–H groups in total. The maximum atomic E-state index is 13.6. The summed E-state index contributed by atoms with van der Waals surface area (Å²) in [5, 5.41) is 10.3. The number of hydrogen-bond donors (Lipinski definition) is 2. The van der Waals surface area contributed by atoms with Crippen LogP contribution in [0.2, 0.25) is 0 Å². The Bertz CT molecular complexity index is 611. The maximum Gasteiger partial charge on any atom is 0.471 e. The van der Waals surface area contributed by atoms with Gasteiger partial charge in [-0.1, -0.05) is 0 Å². The smallest absolute Gasteiger partial charge is 0.471 e. The van der Waals surface area contributed by atoms with Crippen LogP contribution >= 0.6 is 0 Å². The molecule has 0 bridgehead atoms. The highest BCUT2D eigenvalue weighted by Gasteiger charge is 2.38. The Labute approximate surface area is 122 Å². The van der Waals surface area contributed by atoms with Crippen molar-refractivity contribution in [3.63, 3.8) is 0 Å². The highest BCUT2D eigenvalue weighted by molar-refractivity contribution is 5.94. The fourth-order valence-corrected chi connectivity index (χ4v) is 1.41. The number of carbonyl (C=O) groups is 2. The first-order valence-corrected chi connectivity index (χ1v) is 5.77. The molecule has 5 nitrogen and oxygen atoms in total. The number of rotatable bonds is 5. The number of nitrogens with one attached hydrogen (secondary N) is 1. The number of amides is 1. The zero-order chi connectivity index (χ0) is 16.9. The number of ether oxygens (including phenoxy) is 1. The van der Waals surface area contributed by atoms with Gasteiger partial charge in [0.2, 0.25) is 0 Å². The third-order valence-electron chi connectivity index (χ3n) is 2.50. The van der Waals surface area contributed by atoms with Gasteiger partial charge in [0.15, 0.2) is 0 Å². The molecule has 0 radical (unpaired) electrons. The minimum atomic E-state index is -5.13. The first kappa shape index (κ1) is 17.5. The third-order valence-corrected chi connectivity index (χ3v) is 2.50. The minimum absolute atomic E-state index is 0.196. The summed E-state index contributed by atoms with van der Waals surface area (Å²) in [6.07, 6.45) is -4.32. The molecule has 9 heteroatoms. The van der Waals surface area contributed by atoms with Crippen molar-refractivity contribution in [2.75, 3.05) is 13.7 Å². The SMILES string of the molecule is COc1ccc(F)c(/C=C(\CNC(=O)C(F)(F)F)C(=O)O)c1. The quantitative estimate of drug-likeness (QED) is 0.642. The Morgan fingerprint density at radius 3 is 2.50 bits per heavy atom. The molecule has 0 aromatic heterocycles. The molecular formula is C13H11F4NO4. The Hall–Kier alpha value is -2.58. The van der Waals surface area contributed by atoms with Crippen molar-refractivity contribution in [2.24, 2.45) is 0 Å². The predicted octanol–water partition coefficient (Wildman–Crippen LogP) is 1.98. The normalized spacial score (nSPS) is 12.0. The molecule has 1 aromatic carbocycles. The highest BCUT2D eigenvalue weighted by Crippen LogP contribution is 2.19. The lowest BCUT2D eigenvalue weighted by Gasteiger charge is -2.09. The van der Waals surface area contributed by atoms with Crippen molar-refractivity contribution in [3.8, 4) is 5.75 Å². The van der Waals surface area contributed by atoms with Crippen LogP contribution in [0, 0.1) is 5.82 Å². The van der Waals surface area contributed by atoms with Crippen LogP contribution in [0.25, 0.3) is 6.08 Å². The van der Waals surface area contributed by atoms with Gasteiger partial charge in [0.25, 0.3) is 0 Å². The molecule has 120 valence electrons. The summed E-state index contributed by atoms with van der Waals surface area (Å²) >= 11 is 0. The number of aliphatic carboxylic acids is 1. The maximum absolute atomic E-state index is 13.6. The largest absolute Gasteiger partial charge is 0.497 e. The minimum Gasteiger partial charge on any atom is -0.497 e. The van der Waals surface area contributed by atoms with E-state index in [9.17, 15) is 27.2 Å². The fourth-order valence-electron chi connectivity index (χ4n) is 1.41. The van der Waals surface area contributed by atoms with Crippen LogP contribution in [-0.4, -0.2) is 36.8 Å². The van der Waals surface area contributed by atoms with E-state index >= 15 is 0 Å². The molecule has 0 saturated carbocycles. The molecule has 0 fully saturated rings. The van der Waals surface area contributed by atoms with Gasteiger partial charge in [0.1, 0.15) is 11.6 Å². The summed E-state index contributed by atoms with van der Waals surface area (Å²) in [6, 6.07) is 3.47. The van der Waals surface area contributed by atoms with E-state index in [0.717, 1.165) is 12.1 Å². The second kappa shape index (κ2) is 6.92. The molecule has 0 aliphatic carbocycles. The monoisotopic (exact) mass is 321 g/mol. The summed E-state index contributed by atoms with van der Waals surface area (Å²) in [5.74, 6) is -4.44. The second-order valence-corrected chi connectivity index (χ2v) is 4.04. The van der Waals surface area contributed by atoms with Crippen LogP contribution in [0.3, 0.4) is 0 Å². The predicted molar refractivity (Wildman–Crippen MR) is 67.6 cm³/mol. The molecular weight excluding hydrogens is 310 g/mol. The van der Waals surface area contributed by atoms with Gasteiger partial charge in [-0.25, -0.2) is 9.18 Å². The molecule has 0 atom stereocenters. The Morgan fingerprint density at radius 1 is 1.36 bits per heavy atom. The van der Waals surface area contributed by atoms with Crippen LogP contribution in [-0.2, 0) is 9.59 Å². The first-order chi connectivity index (χ1) is 10.1. The van der Waals surface area contributed by atoms with Crippen LogP contribution in [0.4, 0.5) is 17.6 Å². The molecule has 0 spiro atoms. The van der Waals surface area contributed by atoms with Gasteiger partial charge in [-0.3, -0.25) is 4.79 Å². The molecule has 0 heterocycles. The van der Waals surface area contributed by atoms with Gasteiger partial charge in [-0.05, 0) is 24.3 Å². The zero-order valence-electron chi connectivity index (χ0n) is 11.2. The number of carboxylic acids is 1. The van der Waals surface area contributed by atoms with Gasteiger partial charge in [-0.15, -0.1) is 0 Å². The molecule has 1 amide bonds. The van der Waals surface area contributed by atoms with E-state index in [1.54, 1.807) is 0 Å².